The number of sulfone groups is 1. The summed E-state index contributed by atoms with van der Waals surface area (Å²) in [7, 11) is -11.1. The van der Waals surface area contributed by atoms with Crippen LogP contribution in [0.3, 0.4) is 0 Å². The van der Waals surface area contributed by atoms with E-state index in [0.717, 1.165) is 23.8 Å². The van der Waals surface area contributed by atoms with Gasteiger partial charge in [-0.25, -0.2) is 17.9 Å². The number of fused-ring (bicyclic) bond motifs is 1. The lowest BCUT2D eigenvalue weighted by atomic mass is 10.1. The molecule has 0 aliphatic rings. The van der Waals surface area contributed by atoms with Crippen LogP contribution in [0.15, 0.2) is 83.7 Å². The Hall–Kier alpha value is -4.50. The predicted molar refractivity (Wildman–Crippen MR) is 179 cm³/mol. The molecular weight excluding hydrogens is 763 g/mol. The first-order valence-corrected chi connectivity index (χ1v) is 18.8. The van der Waals surface area contributed by atoms with E-state index in [1.54, 1.807) is 13.0 Å². The SMILES string of the molecule is COc1cc(N=Nc2c(SOOO)cc3cc(S(=O)(=O)O)c(N=Nc4ccc(S(=O)(=O)CCOS(=O)(=O)O)cc4)c(N)c3c2O)c(OC)cc1C. The number of benzene rings is 4. The molecule has 0 atom stereocenters. The summed E-state index contributed by atoms with van der Waals surface area (Å²) >= 11 is 0.346. The summed E-state index contributed by atoms with van der Waals surface area (Å²) in [5.41, 5.74) is 5.75. The molecule has 0 fully saturated rings. The highest BCUT2D eigenvalue weighted by Gasteiger charge is 2.26. The number of phenols is 1. The maximum absolute atomic E-state index is 12.5. The van der Waals surface area contributed by atoms with Crippen molar-refractivity contribution in [1.82, 2.24) is 0 Å². The van der Waals surface area contributed by atoms with Crippen molar-refractivity contribution in [3.63, 3.8) is 0 Å². The van der Waals surface area contributed by atoms with Crippen molar-refractivity contribution in [2.75, 3.05) is 32.3 Å². The number of hydrogen-bond acceptors (Lipinski definition) is 19. The van der Waals surface area contributed by atoms with E-state index >= 15 is 0 Å². The van der Waals surface area contributed by atoms with Gasteiger partial charge in [0.1, 0.15) is 33.5 Å². The van der Waals surface area contributed by atoms with Crippen molar-refractivity contribution >= 4 is 81.6 Å². The first kappa shape index (κ1) is 39.3. The van der Waals surface area contributed by atoms with Gasteiger partial charge in [0.2, 0.25) is 0 Å². The second kappa shape index (κ2) is 15.8. The van der Waals surface area contributed by atoms with Crippen LogP contribution >= 0.6 is 12.0 Å². The third kappa shape index (κ3) is 9.44. The quantitative estimate of drug-likeness (QED) is 0.0246. The Kier molecular flexibility index (Phi) is 12.2. The molecule has 0 saturated carbocycles. The normalized spacial score (nSPS) is 12.7. The molecule has 0 aliphatic carbocycles. The van der Waals surface area contributed by atoms with E-state index in [0.29, 0.717) is 23.5 Å². The van der Waals surface area contributed by atoms with Gasteiger partial charge in [0.05, 0.1) is 65.2 Å². The first-order valence-electron chi connectivity index (χ1n) is 13.6. The fourth-order valence-corrected chi connectivity index (χ4v) is 7.09. The number of azo groups is 2. The molecule has 0 unspecified atom stereocenters. The van der Waals surface area contributed by atoms with Gasteiger partial charge < -0.3 is 20.3 Å². The highest BCUT2D eigenvalue weighted by Crippen LogP contribution is 2.50. The van der Waals surface area contributed by atoms with Gasteiger partial charge >= 0.3 is 10.4 Å². The van der Waals surface area contributed by atoms with Crippen molar-refractivity contribution in [3.05, 3.63) is 54.1 Å². The molecule has 0 saturated heterocycles. The van der Waals surface area contributed by atoms with Crippen molar-refractivity contribution in [2.24, 2.45) is 20.5 Å². The van der Waals surface area contributed by atoms with Crippen LogP contribution in [0.5, 0.6) is 17.2 Å². The molecule has 20 nitrogen and oxygen atoms in total. The topological polar surface area (TPSA) is 305 Å². The zero-order valence-electron chi connectivity index (χ0n) is 26.3. The van der Waals surface area contributed by atoms with Crippen LogP contribution in [0.1, 0.15) is 5.56 Å². The summed E-state index contributed by atoms with van der Waals surface area (Å²) in [5.74, 6) is -0.742. The van der Waals surface area contributed by atoms with E-state index < -0.39 is 64.7 Å². The summed E-state index contributed by atoms with van der Waals surface area (Å²) in [6.07, 6.45) is 0. The number of hydrogen-bond donors (Lipinski definition) is 5. The molecule has 6 N–H and O–H groups in total. The summed E-state index contributed by atoms with van der Waals surface area (Å²) in [5, 5.41) is 39.5. The number of aromatic hydroxyl groups is 1. The molecule has 274 valence electrons. The van der Waals surface area contributed by atoms with E-state index in [-0.39, 0.29) is 37.6 Å². The minimum atomic E-state index is -5.05. The second-order valence-electron chi connectivity index (χ2n) is 9.96. The lowest BCUT2D eigenvalue weighted by molar-refractivity contribution is -0.432. The van der Waals surface area contributed by atoms with Gasteiger partial charge in [-0.05, 0) is 60.3 Å². The van der Waals surface area contributed by atoms with Crippen LogP contribution in [-0.4, -0.2) is 71.3 Å². The molecule has 24 heteroatoms. The summed E-state index contributed by atoms with van der Waals surface area (Å²) in [4.78, 5) is -1.19. The molecule has 4 aromatic carbocycles. The van der Waals surface area contributed by atoms with Crippen LogP contribution in [-0.2, 0) is 43.9 Å². The Balaban J connectivity index is 1.83. The Morgan fingerprint density at radius 2 is 1.49 bits per heavy atom. The van der Waals surface area contributed by atoms with Gasteiger partial charge in [0.25, 0.3) is 10.1 Å². The Bertz CT molecular complexity index is 2350. The number of ether oxygens (including phenoxy) is 2. The van der Waals surface area contributed by atoms with Crippen LogP contribution in [0.4, 0.5) is 28.4 Å². The van der Waals surface area contributed by atoms with E-state index in [1.807, 2.05) is 0 Å². The summed E-state index contributed by atoms with van der Waals surface area (Å²) in [6, 6.07) is 9.80. The van der Waals surface area contributed by atoms with Gasteiger partial charge in [-0.1, -0.05) is 5.04 Å². The number of nitrogens with two attached hydrogens (primary N) is 1. The van der Waals surface area contributed by atoms with Crippen molar-refractivity contribution in [3.8, 4) is 17.2 Å². The number of methoxy groups -OCH3 is 2. The predicted octanol–water partition coefficient (Wildman–Crippen LogP) is 5.55. The Labute approximate surface area is 294 Å². The van der Waals surface area contributed by atoms with Gasteiger partial charge in [-0.3, -0.25) is 9.11 Å². The van der Waals surface area contributed by atoms with Gasteiger partial charge in [-0.15, -0.1) is 19.7 Å². The molecular formula is C27H27N5O15S4. The van der Waals surface area contributed by atoms with Gasteiger partial charge in [0, 0.05) is 6.07 Å². The lowest BCUT2D eigenvalue weighted by Crippen LogP contribution is -2.15. The third-order valence-electron chi connectivity index (χ3n) is 6.75. The fourth-order valence-electron chi connectivity index (χ4n) is 4.43. The highest BCUT2D eigenvalue weighted by atomic mass is 32.3. The average Bonchev–Trinajstić information content (AvgIpc) is 3.05. The van der Waals surface area contributed by atoms with E-state index in [2.05, 4.69) is 34.0 Å². The smallest absolute Gasteiger partial charge is 0.397 e. The minimum absolute atomic E-state index is 0.0296. The maximum Gasteiger partial charge on any atom is 0.397 e. The number of nitrogens with zero attached hydrogens (tertiary/aromatic N) is 4. The van der Waals surface area contributed by atoms with Crippen LogP contribution in [0.2, 0.25) is 0 Å². The van der Waals surface area contributed by atoms with Crippen LogP contribution in [0.25, 0.3) is 10.8 Å². The van der Waals surface area contributed by atoms with E-state index in [1.165, 1.54) is 38.5 Å². The van der Waals surface area contributed by atoms with Crippen molar-refractivity contribution < 1.29 is 67.8 Å². The molecule has 0 radical (unpaired) electrons. The molecule has 4 rings (SSSR count). The highest BCUT2D eigenvalue weighted by molar-refractivity contribution is 7.94. The first-order chi connectivity index (χ1) is 23.9. The average molecular weight is 790 g/mol. The summed E-state index contributed by atoms with van der Waals surface area (Å²) < 4.78 is 109. The molecule has 0 aliphatic heterocycles. The Morgan fingerprint density at radius 1 is 0.843 bits per heavy atom. The van der Waals surface area contributed by atoms with E-state index in [9.17, 15) is 34.9 Å². The number of rotatable bonds is 15. The molecule has 0 aromatic heterocycles. The largest absolute Gasteiger partial charge is 0.505 e. The lowest BCUT2D eigenvalue weighted by Gasteiger charge is -2.14. The van der Waals surface area contributed by atoms with Gasteiger partial charge in [-0.2, -0.15) is 21.9 Å². The second-order valence-corrected chi connectivity index (χ2v) is 15.3. The van der Waals surface area contributed by atoms with Crippen LogP contribution in [0, 0.1) is 6.92 Å². The molecule has 51 heavy (non-hydrogen) atoms. The number of phenolic OH excluding ortho intramolecular Hbond substituents is 1. The monoisotopic (exact) mass is 789 g/mol. The molecule has 0 bridgehead atoms. The summed E-state index contributed by atoms with van der Waals surface area (Å²) in [6.45, 7) is 0.919. The zero-order valence-corrected chi connectivity index (χ0v) is 29.6. The Morgan fingerprint density at radius 3 is 2.08 bits per heavy atom. The number of anilines is 1. The molecule has 0 spiro atoms. The minimum Gasteiger partial charge on any atom is -0.505 e. The van der Waals surface area contributed by atoms with E-state index in [4.69, 9.17) is 25.0 Å². The third-order valence-corrected chi connectivity index (χ3v) is 10.4. The molecule has 0 heterocycles. The number of aryl methyl sites for hydroxylation is 1. The van der Waals surface area contributed by atoms with Crippen molar-refractivity contribution in [1.29, 1.82) is 0 Å². The number of nitrogen functional groups attached to an aromatic ring is 1. The van der Waals surface area contributed by atoms with Gasteiger partial charge in [0.15, 0.2) is 15.6 Å². The van der Waals surface area contributed by atoms with Crippen LogP contribution < -0.4 is 15.2 Å². The maximum atomic E-state index is 12.5. The molecule has 0 amide bonds. The molecule has 4 aromatic rings. The zero-order chi connectivity index (χ0) is 37.7. The standard InChI is InChI=1S/C27H27N5O15S4/c1-14-10-20(44-3)18(13-19(14)43-2)30-31-25-21(48-47-46-34)11-15-12-22(50(37,38)39)26(24(28)23(15)27(25)33)32-29-16-4-6-17(7-5-16)49(35,36)9-8-45-51(40,41)42/h4-7,10-13,33-34H,8-9,28H2,1-3H3,(H,37,38,39)(H,40,41,42). The van der Waals surface area contributed by atoms with Crippen molar-refractivity contribution in [2.45, 2.75) is 21.6 Å². The fraction of sp³-hybridized carbons (Fsp3) is 0.185.